The molecule has 1 saturated carbocycles. The fourth-order valence-electron chi connectivity index (χ4n) is 1.57. The van der Waals surface area contributed by atoms with Gasteiger partial charge in [-0.25, -0.2) is 0 Å². The normalized spacial score (nSPS) is 15.6. The first-order valence-electron chi connectivity index (χ1n) is 5.76. The molecular weight excluding hydrogens is 232 g/mol. The van der Waals surface area contributed by atoms with Gasteiger partial charge >= 0.3 is 5.97 Å². The minimum absolute atomic E-state index is 0.228. The summed E-state index contributed by atoms with van der Waals surface area (Å²) in [5, 5.41) is 3.49. The van der Waals surface area contributed by atoms with E-state index in [1.165, 1.54) is 0 Å². The van der Waals surface area contributed by atoms with Crippen molar-refractivity contribution in [3.63, 3.8) is 0 Å². The van der Waals surface area contributed by atoms with Crippen LogP contribution >= 0.6 is 0 Å². The molecule has 2 rings (SSSR count). The van der Waals surface area contributed by atoms with E-state index >= 15 is 0 Å². The zero-order valence-corrected chi connectivity index (χ0v) is 9.87. The van der Waals surface area contributed by atoms with Crippen LogP contribution in [0.1, 0.15) is 18.4 Å². The number of carbonyl (C=O) groups is 1. The highest BCUT2D eigenvalue weighted by atomic mass is 16.7. The summed E-state index contributed by atoms with van der Waals surface area (Å²) in [6.45, 7) is 0.308. The van der Waals surface area contributed by atoms with Crippen molar-refractivity contribution in [1.29, 1.82) is 0 Å². The van der Waals surface area contributed by atoms with Gasteiger partial charge in [0.05, 0.1) is 12.0 Å². The summed E-state index contributed by atoms with van der Waals surface area (Å²) in [7, 11) is 0. The molecule has 0 bridgehead atoms. The number of hydrogen-bond acceptors (Lipinski definition) is 4. The highest BCUT2D eigenvalue weighted by Gasteiger charge is 2.43. The molecule has 0 aliphatic heterocycles. The Bertz CT molecular complexity index is 464. The molecule has 0 unspecified atom stereocenters. The van der Waals surface area contributed by atoms with E-state index in [0.29, 0.717) is 6.54 Å². The molecule has 0 aromatic heterocycles. The lowest BCUT2D eigenvalue weighted by Crippen LogP contribution is -2.36. The summed E-state index contributed by atoms with van der Waals surface area (Å²) in [6, 6.07) is 9.38. The zero-order chi connectivity index (χ0) is 12.8. The van der Waals surface area contributed by atoms with E-state index in [1.54, 1.807) is 0 Å². The van der Waals surface area contributed by atoms with E-state index in [0.717, 1.165) is 18.4 Å². The maximum absolute atomic E-state index is 11.6. The van der Waals surface area contributed by atoms with E-state index in [9.17, 15) is 4.79 Å². The minimum atomic E-state index is -0.339. The summed E-state index contributed by atoms with van der Waals surface area (Å²) in [6.07, 6.45) is 1.93. The highest BCUT2D eigenvalue weighted by molar-refractivity contribution is 5.72. The van der Waals surface area contributed by atoms with Crippen LogP contribution in [0.15, 0.2) is 35.4 Å². The summed E-state index contributed by atoms with van der Waals surface area (Å²) in [5.41, 5.74) is 11.5. The number of azide groups is 1. The predicted octanol–water partition coefficient (Wildman–Crippen LogP) is 2.12. The van der Waals surface area contributed by atoms with Crippen LogP contribution in [-0.4, -0.2) is 18.1 Å². The Labute approximate surface area is 105 Å². The van der Waals surface area contributed by atoms with Gasteiger partial charge in [0, 0.05) is 11.5 Å². The maximum atomic E-state index is 11.6. The topological polar surface area (TPSA) is 87.1 Å². The Hall–Kier alpha value is -2.04. The van der Waals surface area contributed by atoms with Gasteiger partial charge in [-0.3, -0.25) is 4.79 Å². The number of carbonyl (C=O) groups excluding carboxylic acids is 1. The van der Waals surface area contributed by atoms with Gasteiger partial charge in [0.15, 0.2) is 0 Å². The molecule has 0 atom stereocenters. The van der Waals surface area contributed by atoms with Crippen molar-refractivity contribution in [2.75, 3.05) is 6.54 Å². The summed E-state index contributed by atoms with van der Waals surface area (Å²) in [5.74, 6) is -0.339. The molecule has 1 aromatic rings. The second-order valence-electron chi connectivity index (χ2n) is 4.41. The second kappa shape index (κ2) is 5.53. The van der Waals surface area contributed by atoms with E-state index in [1.807, 2.05) is 30.3 Å². The molecule has 94 valence electrons. The Kier molecular flexibility index (Phi) is 3.82. The van der Waals surface area contributed by atoms with Crippen LogP contribution in [0.3, 0.4) is 0 Å². The lowest BCUT2D eigenvalue weighted by molar-refractivity contribution is -0.152. The Morgan fingerprint density at radius 3 is 2.78 bits per heavy atom. The third-order valence-corrected chi connectivity index (χ3v) is 2.86. The Morgan fingerprint density at radius 1 is 1.44 bits per heavy atom. The Morgan fingerprint density at radius 2 is 2.17 bits per heavy atom. The second-order valence-corrected chi connectivity index (χ2v) is 4.41. The standard InChI is InChI=1S/C12H14N4O2/c13-16-14-9-12(6-7-12)15-18-11(17)8-10-4-2-1-3-5-10/h1-5,15H,6-9H2. The molecule has 1 aromatic carbocycles. The fraction of sp³-hybridized carbons (Fsp3) is 0.417. The van der Waals surface area contributed by atoms with Gasteiger partial charge in [-0.15, -0.1) is 5.48 Å². The number of benzene rings is 1. The third kappa shape index (κ3) is 3.48. The first-order valence-corrected chi connectivity index (χ1v) is 5.76. The number of nitrogens with one attached hydrogen (secondary N) is 1. The van der Waals surface area contributed by atoms with Crippen molar-refractivity contribution in [2.45, 2.75) is 24.8 Å². The molecule has 18 heavy (non-hydrogen) atoms. The molecular formula is C12H14N4O2. The van der Waals surface area contributed by atoms with Gasteiger partial charge < -0.3 is 4.84 Å². The smallest absolute Gasteiger partial charge is 0.329 e. The van der Waals surface area contributed by atoms with Crippen LogP contribution in [0.2, 0.25) is 0 Å². The molecule has 1 aliphatic rings. The monoisotopic (exact) mass is 246 g/mol. The average molecular weight is 246 g/mol. The van der Waals surface area contributed by atoms with Crippen molar-refractivity contribution in [3.05, 3.63) is 46.3 Å². The molecule has 0 heterocycles. The lowest BCUT2D eigenvalue weighted by Gasteiger charge is -2.13. The molecule has 0 radical (unpaired) electrons. The van der Waals surface area contributed by atoms with Gasteiger partial charge in [-0.1, -0.05) is 35.4 Å². The van der Waals surface area contributed by atoms with Gasteiger partial charge in [-0.05, 0) is 23.9 Å². The van der Waals surface area contributed by atoms with Gasteiger partial charge in [0.25, 0.3) is 0 Å². The fourth-order valence-corrected chi connectivity index (χ4v) is 1.57. The molecule has 6 nitrogen and oxygen atoms in total. The van der Waals surface area contributed by atoms with Crippen molar-refractivity contribution in [3.8, 4) is 0 Å². The first kappa shape index (κ1) is 12.4. The minimum Gasteiger partial charge on any atom is -0.370 e. The van der Waals surface area contributed by atoms with E-state index in [2.05, 4.69) is 15.5 Å². The quantitative estimate of drug-likeness (QED) is 0.361. The van der Waals surface area contributed by atoms with Gasteiger partial charge in [0.1, 0.15) is 0 Å². The van der Waals surface area contributed by atoms with Crippen molar-refractivity contribution in [1.82, 2.24) is 5.48 Å². The molecule has 0 spiro atoms. The molecule has 0 amide bonds. The van der Waals surface area contributed by atoms with E-state index in [4.69, 9.17) is 10.4 Å². The third-order valence-electron chi connectivity index (χ3n) is 2.86. The summed E-state index contributed by atoms with van der Waals surface area (Å²) >= 11 is 0. The molecule has 0 saturated heterocycles. The van der Waals surface area contributed by atoms with E-state index < -0.39 is 0 Å². The number of hydroxylamine groups is 1. The summed E-state index contributed by atoms with van der Waals surface area (Å²) in [4.78, 5) is 19.3. The van der Waals surface area contributed by atoms with Crippen LogP contribution < -0.4 is 5.48 Å². The average Bonchev–Trinajstić information content (AvgIpc) is 3.16. The number of hydrogen-bond donors (Lipinski definition) is 1. The van der Waals surface area contributed by atoms with Crippen LogP contribution in [-0.2, 0) is 16.1 Å². The SMILES string of the molecule is [N-]=[N+]=NCC1(NOC(=O)Cc2ccccc2)CC1. The van der Waals surface area contributed by atoms with Crippen LogP contribution in [0, 0.1) is 0 Å². The molecule has 6 heteroatoms. The van der Waals surface area contributed by atoms with Crippen molar-refractivity contribution < 1.29 is 9.63 Å². The van der Waals surface area contributed by atoms with Gasteiger partial charge in [0.2, 0.25) is 0 Å². The molecule has 1 aliphatic carbocycles. The molecule has 1 fully saturated rings. The number of nitrogens with zero attached hydrogens (tertiary/aromatic N) is 3. The van der Waals surface area contributed by atoms with E-state index in [-0.39, 0.29) is 17.9 Å². The highest BCUT2D eigenvalue weighted by Crippen LogP contribution is 2.35. The maximum Gasteiger partial charge on any atom is 0.329 e. The van der Waals surface area contributed by atoms with Crippen molar-refractivity contribution >= 4 is 5.97 Å². The van der Waals surface area contributed by atoms with Gasteiger partial charge in [-0.2, -0.15) is 0 Å². The predicted molar refractivity (Wildman–Crippen MR) is 65.4 cm³/mol. The lowest BCUT2D eigenvalue weighted by atomic mass is 10.2. The zero-order valence-electron chi connectivity index (χ0n) is 9.87. The summed E-state index contributed by atoms with van der Waals surface area (Å²) < 4.78 is 0. The van der Waals surface area contributed by atoms with Crippen LogP contribution in [0.25, 0.3) is 10.4 Å². The van der Waals surface area contributed by atoms with Crippen LogP contribution in [0.4, 0.5) is 0 Å². The first-order chi connectivity index (χ1) is 8.74. The largest absolute Gasteiger partial charge is 0.370 e. The number of rotatable bonds is 6. The molecule has 1 N–H and O–H groups in total. The Balaban J connectivity index is 1.77. The van der Waals surface area contributed by atoms with Crippen LogP contribution in [0.5, 0.6) is 0 Å². The van der Waals surface area contributed by atoms with Crippen molar-refractivity contribution in [2.24, 2.45) is 5.11 Å².